The van der Waals surface area contributed by atoms with Gasteiger partial charge in [-0.05, 0) is 78.3 Å². The number of rotatable bonds is 7. The maximum atomic E-state index is 14.7. The van der Waals surface area contributed by atoms with Crippen LogP contribution in [0.15, 0.2) is 36.4 Å². The van der Waals surface area contributed by atoms with Gasteiger partial charge in [0.25, 0.3) is 0 Å². The summed E-state index contributed by atoms with van der Waals surface area (Å²) in [7, 11) is 1.60. The van der Waals surface area contributed by atoms with Crippen LogP contribution in [0, 0.1) is 29.4 Å². The van der Waals surface area contributed by atoms with E-state index in [1.54, 1.807) is 13.2 Å². The lowest BCUT2D eigenvalue weighted by Gasteiger charge is -2.33. The van der Waals surface area contributed by atoms with Gasteiger partial charge in [-0.1, -0.05) is 24.3 Å². The standard InChI is InChI=1S/C24H28F2O3/c1-29-22-6-3-16(4-7-22)2-5-20-12-21(25)13-24(26)23(20)11-17-8-18(14-27)10-19(9-17)15-28/h2-7,12-13,17-19,27-28H,8-11,14-15H2,1H3/b5-2+/t17?,18-,19?/m0/s1. The second-order valence-corrected chi connectivity index (χ2v) is 7.94. The van der Waals surface area contributed by atoms with E-state index in [0.717, 1.165) is 36.6 Å². The number of hydrogen-bond acceptors (Lipinski definition) is 3. The first-order valence-corrected chi connectivity index (χ1v) is 10.0. The molecular formula is C24H28F2O3. The molecule has 3 nitrogen and oxygen atoms in total. The van der Waals surface area contributed by atoms with Crippen LogP contribution < -0.4 is 4.74 Å². The minimum absolute atomic E-state index is 0.0725. The average Bonchev–Trinajstić information content (AvgIpc) is 2.74. The van der Waals surface area contributed by atoms with Gasteiger partial charge in [-0.15, -0.1) is 0 Å². The molecule has 1 saturated carbocycles. The van der Waals surface area contributed by atoms with Gasteiger partial charge in [-0.2, -0.15) is 0 Å². The molecule has 156 valence electrons. The van der Waals surface area contributed by atoms with E-state index in [9.17, 15) is 19.0 Å². The molecular weight excluding hydrogens is 374 g/mol. The first-order valence-electron chi connectivity index (χ1n) is 10.0. The van der Waals surface area contributed by atoms with Gasteiger partial charge < -0.3 is 14.9 Å². The van der Waals surface area contributed by atoms with Crippen molar-refractivity contribution in [3.8, 4) is 5.75 Å². The van der Waals surface area contributed by atoms with E-state index in [0.29, 0.717) is 17.5 Å². The fraction of sp³-hybridized carbons (Fsp3) is 0.417. The molecule has 3 atom stereocenters. The third-order valence-electron chi connectivity index (χ3n) is 5.78. The summed E-state index contributed by atoms with van der Waals surface area (Å²) in [5, 5.41) is 19.1. The molecule has 2 aromatic carbocycles. The highest BCUT2D eigenvalue weighted by Crippen LogP contribution is 2.36. The van der Waals surface area contributed by atoms with Crippen LogP contribution in [0.4, 0.5) is 8.78 Å². The highest BCUT2D eigenvalue weighted by atomic mass is 19.1. The Morgan fingerprint density at radius 3 is 2.14 bits per heavy atom. The fourth-order valence-electron chi connectivity index (χ4n) is 4.34. The molecule has 2 N–H and O–H groups in total. The fourth-order valence-corrected chi connectivity index (χ4v) is 4.34. The summed E-state index contributed by atoms with van der Waals surface area (Å²) in [6.07, 6.45) is 6.38. The molecule has 0 amide bonds. The van der Waals surface area contributed by atoms with E-state index in [4.69, 9.17) is 4.74 Å². The van der Waals surface area contributed by atoms with Crippen LogP contribution in [0.1, 0.15) is 36.0 Å². The lowest BCUT2D eigenvalue weighted by Crippen LogP contribution is -2.28. The second-order valence-electron chi connectivity index (χ2n) is 7.94. The average molecular weight is 402 g/mol. The predicted octanol–water partition coefficient (Wildman–Crippen LogP) is 4.70. The van der Waals surface area contributed by atoms with Gasteiger partial charge in [0.1, 0.15) is 17.4 Å². The monoisotopic (exact) mass is 402 g/mol. The Hall–Kier alpha value is -2.24. The van der Waals surface area contributed by atoms with E-state index in [1.807, 2.05) is 30.3 Å². The Morgan fingerprint density at radius 2 is 1.55 bits per heavy atom. The van der Waals surface area contributed by atoms with E-state index in [1.165, 1.54) is 6.07 Å². The molecule has 2 aromatic rings. The van der Waals surface area contributed by atoms with Crippen molar-refractivity contribution in [3.63, 3.8) is 0 Å². The first-order chi connectivity index (χ1) is 14.0. The van der Waals surface area contributed by atoms with Crippen molar-refractivity contribution < 1.29 is 23.7 Å². The van der Waals surface area contributed by atoms with Crippen LogP contribution in [0.25, 0.3) is 12.2 Å². The SMILES string of the molecule is COc1ccc(/C=C/c2cc(F)cc(F)c2CC2CC(CO)C[C@@H](CO)C2)cc1. The molecule has 3 rings (SSSR count). The Morgan fingerprint density at radius 1 is 0.931 bits per heavy atom. The number of halogens is 2. The zero-order valence-electron chi connectivity index (χ0n) is 16.7. The van der Waals surface area contributed by atoms with Crippen molar-refractivity contribution in [2.45, 2.75) is 25.7 Å². The summed E-state index contributed by atoms with van der Waals surface area (Å²) >= 11 is 0. The Balaban J connectivity index is 1.83. The van der Waals surface area contributed by atoms with Crippen molar-refractivity contribution in [3.05, 3.63) is 64.7 Å². The number of benzene rings is 2. The minimum Gasteiger partial charge on any atom is -0.497 e. The van der Waals surface area contributed by atoms with Crippen molar-refractivity contribution >= 4 is 12.2 Å². The maximum absolute atomic E-state index is 14.7. The van der Waals surface area contributed by atoms with Crippen LogP contribution in [0.3, 0.4) is 0 Å². The molecule has 0 spiro atoms. The summed E-state index contributed by atoms with van der Waals surface area (Å²) in [6.45, 7) is 0.145. The van der Waals surface area contributed by atoms with Crippen LogP contribution in [0.5, 0.6) is 5.75 Å². The molecule has 0 bridgehead atoms. The largest absolute Gasteiger partial charge is 0.497 e. The molecule has 2 unspecified atom stereocenters. The van der Waals surface area contributed by atoms with Crippen molar-refractivity contribution in [2.75, 3.05) is 20.3 Å². The maximum Gasteiger partial charge on any atom is 0.129 e. The van der Waals surface area contributed by atoms with Gasteiger partial charge in [0, 0.05) is 19.3 Å². The molecule has 1 aliphatic carbocycles. The number of aliphatic hydroxyl groups excluding tert-OH is 2. The smallest absolute Gasteiger partial charge is 0.129 e. The zero-order valence-corrected chi connectivity index (χ0v) is 16.7. The quantitative estimate of drug-likeness (QED) is 0.660. The lowest BCUT2D eigenvalue weighted by atomic mass is 9.73. The third-order valence-corrected chi connectivity index (χ3v) is 5.78. The Labute approximate surface area is 170 Å². The number of methoxy groups -OCH3 is 1. The number of ether oxygens (including phenoxy) is 1. The van der Waals surface area contributed by atoms with Gasteiger partial charge in [0.2, 0.25) is 0 Å². The van der Waals surface area contributed by atoms with E-state index < -0.39 is 11.6 Å². The van der Waals surface area contributed by atoms with Gasteiger partial charge in [0.15, 0.2) is 0 Å². The molecule has 0 aliphatic heterocycles. The van der Waals surface area contributed by atoms with Crippen LogP contribution in [-0.4, -0.2) is 30.5 Å². The van der Waals surface area contributed by atoms with Crippen molar-refractivity contribution in [2.24, 2.45) is 17.8 Å². The summed E-state index contributed by atoms with van der Waals surface area (Å²) in [4.78, 5) is 0. The second kappa shape index (κ2) is 9.99. The van der Waals surface area contributed by atoms with Crippen LogP contribution >= 0.6 is 0 Å². The van der Waals surface area contributed by atoms with Gasteiger partial charge in [-0.3, -0.25) is 0 Å². The zero-order chi connectivity index (χ0) is 20.8. The summed E-state index contributed by atoms with van der Waals surface area (Å²) in [6, 6.07) is 9.70. The van der Waals surface area contributed by atoms with Crippen LogP contribution in [-0.2, 0) is 6.42 Å². The normalized spacial score (nSPS) is 22.2. The van der Waals surface area contributed by atoms with E-state index in [-0.39, 0.29) is 31.0 Å². The summed E-state index contributed by atoms with van der Waals surface area (Å²) in [5.41, 5.74) is 1.90. The molecule has 0 radical (unpaired) electrons. The van der Waals surface area contributed by atoms with Gasteiger partial charge in [0.05, 0.1) is 7.11 Å². The van der Waals surface area contributed by atoms with E-state index >= 15 is 0 Å². The lowest BCUT2D eigenvalue weighted by molar-refractivity contribution is 0.0900. The molecule has 1 aliphatic rings. The summed E-state index contributed by atoms with van der Waals surface area (Å²) in [5.74, 6) is -0.0304. The highest BCUT2D eigenvalue weighted by Gasteiger charge is 2.29. The number of hydrogen-bond donors (Lipinski definition) is 2. The topological polar surface area (TPSA) is 49.7 Å². The summed E-state index contributed by atoms with van der Waals surface area (Å²) < 4.78 is 33.7. The Kier molecular flexibility index (Phi) is 7.40. The van der Waals surface area contributed by atoms with Gasteiger partial charge >= 0.3 is 0 Å². The highest BCUT2D eigenvalue weighted by molar-refractivity contribution is 5.71. The van der Waals surface area contributed by atoms with Crippen molar-refractivity contribution in [1.29, 1.82) is 0 Å². The third kappa shape index (κ3) is 5.64. The molecule has 1 fully saturated rings. The molecule has 0 aromatic heterocycles. The molecule has 5 heteroatoms. The van der Waals surface area contributed by atoms with E-state index in [2.05, 4.69) is 0 Å². The first kappa shape index (κ1) is 21.5. The Bertz CT molecular complexity index is 821. The molecule has 0 heterocycles. The van der Waals surface area contributed by atoms with Crippen molar-refractivity contribution in [1.82, 2.24) is 0 Å². The minimum atomic E-state index is -0.606. The molecule has 0 saturated heterocycles. The van der Waals surface area contributed by atoms with Crippen LogP contribution in [0.2, 0.25) is 0 Å². The van der Waals surface area contributed by atoms with Gasteiger partial charge in [-0.25, -0.2) is 8.78 Å². The molecule has 29 heavy (non-hydrogen) atoms. The number of aliphatic hydroxyl groups is 2. The predicted molar refractivity (Wildman–Crippen MR) is 110 cm³/mol.